The van der Waals surface area contributed by atoms with Gasteiger partial charge in [-0.1, -0.05) is 18.5 Å². The van der Waals surface area contributed by atoms with Crippen LogP contribution in [0.5, 0.6) is 5.88 Å². The van der Waals surface area contributed by atoms with Gasteiger partial charge in [-0.05, 0) is 6.54 Å². The maximum Gasteiger partial charge on any atom is 0.216 e. The van der Waals surface area contributed by atoms with Gasteiger partial charge in [-0.25, -0.2) is 9.97 Å². The molecular formula is C12H16ClN5O. The van der Waals surface area contributed by atoms with Crippen LogP contribution < -0.4 is 10.1 Å². The minimum atomic E-state index is -0.151. The van der Waals surface area contributed by atoms with Gasteiger partial charge < -0.3 is 10.1 Å². The smallest absolute Gasteiger partial charge is 0.216 e. The highest BCUT2D eigenvalue weighted by molar-refractivity contribution is 6.31. The van der Waals surface area contributed by atoms with Crippen molar-refractivity contribution in [3.05, 3.63) is 35.0 Å². The Balaban J connectivity index is 2.45. The third kappa shape index (κ3) is 2.85. The molecule has 0 radical (unpaired) electrons. The third-order valence-electron chi connectivity index (χ3n) is 2.79. The summed E-state index contributed by atoms with van der Waals surface area (Å²) in [5.74, 6) is 0.520. The molecule has 0 bridgehead atoms. The van der Waals surface area contributed by atoms with Crippen molar-refractivity contribution in [1.29, 1.82) is 0 Å². The lowest BCUT2D eigenvalue weighted by molar-refractivity contribution is 0.394. The number of halogens is 1. The monoisotopic (exact) mass is 281 g/mol. The van der Waals surface area contributed by atoms with Crippen molar-refractivity contribution in [1.82, 2.24) is 25.1 Å². The summed E-state index contributed by atoms with van der Waals surface area (Å²) in [4.78, 5) is 8.30. The molecule has 0 aliphatic heterocycles. The van der Waals surface area contributed by atoms with Gasteiger partial charge >= 0.3 is 0 Å². The van der Waals surface area contributed by atoms with Crippen LogP contribution in [-0.4, -0.2) is 33.4 Å². The van der Waals surface area contributed by atoms with E-state index in [0.717, 1.165) is 17.9 Å². The van der Waals surface area contributed by atoms with E-state index in [4.69, 9.17) is 16.3 Å². The summed E-state index contributed by atoms with van der Waals surface area (Å²) in [6.45, 7) is 2.80. The number of nitrogens with zero attached hydrogens (tertiary/aromatic N) is 4. The third-order valence-corrected chi connectivity index (χ3v) is 3.08. The molecule has 102 valence electrons. The van der Waals surface area contributed by atoms with E-state index >= 15 is 0 Å². The number of hydrogen-bond acceptors (Lipinski definition) is 5. The molecule has 2 rings (SSSR count). The van der Waals surface area contributed by atoms with Gasteiger partial charge in [0.1, 0.15) is 6.33 Å². The Bertz CT molecular complexity index is 537. The van der Waals surface area contributed by atoms with Gasteiger partial charge in [0.2, 0.25) is 5.88 Å². The Labute approximate surface area is 116 Å². The van der Waals surface area contributed by atoms with Crippen molar-refractivity contribution < 1.29 is 4.74 Å². The average Bonchev–Trinajstić information content (AvgIpc) is 2.76. The van der Waals surface area contributed by atoms with Gasteiger partial charge in [0.05, 0.1) is 35.8 Å². The van der Waals surface area contributed by atoms with Crippen LogP contribution in [0.15, 0.2) is 18.6 Å². The lowest BCUT2D eigenvalue weighted by Crippen LogP contribution is -2.25. The number of rotatable bonds is 5. The summed E-state index contributed by atoms with van der Waals surface area (Å²) in [5, 5.41) is 8.10. The zero-order valence-corrected chi connectivity index (χ0v) is 11.8. The molecule has 1 N–H and O–H groups in total. The first-order chi connectivity index (χ1) is 9.17. The van der Waals surface area contributed by atoms with Gasteiger partial charge in [0.15, 0.2) is 0 Å². The lowest BCUT2D eigenvalue weighted by Gasteiger charge is -2.18. The fraction of sp³-hybridized carbons (Fsp3) is 0.417. The Hall–Kier alpha value is -1.66. The fourth-order valence-corrected chi connectivity index (χ4v) is 2.19. The van der Waals surface area contributed by atoms with E-state index in [2.05, 4.69) is 20.4 Å². The average molecular weight is 282 g/mol. The van der Waals surface area contributed by atoms with Gasteiger partial charge in [0, 0.05) is 13.1 Å². The molecule has 0 amide bonds. The number of aromatic nitrogens is 4. The van der Waals surface area contributed by atoms with Crippen LogP contribution in [0, 0.1) is 0 Å². The normalized spacial score (nSPS) is 12.4. The first kappa shape index (κ1) is 13.8. The molecule has 0 saturated carbocycles. The van der Waals surface area contributed by atoms with Crippen molar-refractivity contribution >= 4 is 11.6 Å². The first-order valence-electron chi connectivity index (χ1n) is 5.94. The standard InChI is InChI=1S/C12H16ClN5O/c1-4-14-11(12-8(13)6-17-18(12)2)9-5-10(19-3)16-7-15-9/h5-7,11,14H,4H2,1-3H3. The van der Waals surface area contributed by atoms with E-state index in [1.807, 2.05) is 14.0 Å². The Morgan fingerprint density at radius 1 is 1.47 bits per heavy atom. The van der Waals surface area contributed by atoms with E-state index in [0.29, 0.717) is 10.9 Å². The van der Waals surface area contributed by atoms with Crippen LogP contribution in [0.1, 0.15) is 24.4 Å². The molecule has 2 heterocycles. The van der Waals surface area contributed by atoms with Crippen molar-refractivity contribution in [2.24, 2.45) is 7.05 Å². The van der Waals surface area contributed by atoms with Gasteiger partial charge in [0.25, 0.3) is 0 Å². The summed E-state index contributed by atoms with van der Waals surface area (Å²) in [5.41, 5.74) is 1.66. The molecule has 0 aliphatic rings. The molecule has 0 saturated heterocycles. The largest absolute Gasteiger partial charge is 0.481 e. The summed E-state index contributed by atoms with van der Waals surface area (Å²) < 4.78 is 6.87. The van der Waals surface area contributed by atoms with Crippen molar-refractivity contribution in [2.45, 2.75) is 13.0 Å². The maximum atomic E-state index is 6.20. The van der Waals surface area contributed by atoms with E-state index in [-0.39, 0.29) is 6.04 Å². The summed E-state index contributed by atoms with van der Waals surface area (Å²) in [6, 6.07) is 1.64. The molecule has 0 spiro atoms. The van der Waals surface area contributed by atoms with E-state index in [9.17, 15) is 0 Å². The van der Waals surface area contributed by atoms with Crippen LogP contribution in [0.4, 0.5) is 0 Å². The fourth-order valence-electron chi connectivity index (χ4n) is 1.91. The second kappa shape index (κ2) is 5.99. The van der Waals surface area contributed by atoms with E-state index < -0.39 is 0 Å². The summed E-state index contributed by atoms with van der Waals surface area (Å²) >= 11 is 6.20. The second-order valence-corrected chi connectivity index (χ2v) is 4.38. The van der Waals surface area contributed by atoms with Crippen molar-refractivity contribution in [3.8, 4) is 5.88 Å². The number of nitrogens with one attached hydrogen (secondary N) is 1. The SMILES string of the molecule is CCNC(c1cc(OC)ncn1)c1c(Cl)cnn1C. The number of aryl methyl sites for hydroxylation is 1. The molecule has 2 aromatic rings. The van der Waals surface area contributed by atoms with Crippen LogP contribution in [-0.2, 0) is 7.05 Å². The maximum absolute atomic E-state index is 6.20. The Morgan fingerprint density at radius 3 is 2.84 bits per heavy atom. The quantitative estimate of drug-likeness (QED) is 0.901. The molecule has 19 heavy (non-hydrogen) atoms. The molecule has 0 aromatic carbocycles. The molecule has 2 aromatic heterocycles. The van der Waals surface area contributed by atoms with Crippen LogP contribution in [0.25, 0.3) is 0 Å². The molecule has 7 heteroatoms. The van der Waals surface area contributed by atoms with Crippen LogP contribution in [0.2, 0.25) is 5.02 Å². The highest BCUT2D eigenvalue weighted by Gasteiger charge is 2.22. The highest BCUT2D eigenvalue weighted by Crippen LogP contribution is 2.27. The van der Waals surface area contributed by atoms with Gasteiger partial charge in [-0.2, -0.15) is 5.10 Å². The molecule has 1 atom stereocenters. The topological polar surface area (TPSA) is 64.9 Å². The van der Waals surface area contributed by atoms with Crippen molar-refractivity contribution in [3.63, 3.8) is 0 Å². The van der Waals surface area contributed by atoms with Crippen LogP contribution in [0.3, 0.4) is 0 Å². The van der Waals surface area contributed by atoms with E-state index in [1.54, 1.807) is 24.1 Å². The van der Waals surface area contributed by atoms with Crippen molar-refractivity contribution in [2.75, 3.05) is 13.7 Å². The summed E-state index contributed by atoms with van der Waals surface area (Å²) in [6.07, 6.45) is 3.10. The lowest BCUT2D eigenvalue weighted by atomic mass is 10.1. The number of hydrogen-bond donors (Lipinski definition) is 1. The first-order valence-corrected chi connectivity index (χ1v) is 6.31. The van der Waals surface area contributed by atoms with E-state index in [1.165, 1.54) is 6.33 Å². The predicted molar refractivity (Wildman–Crippen MR) is 72.3 cm³/mol. The zero-order chi connectivity index (χ0) is 13.8. The Morgan fingerprint density at radius 2 is 2.26 bits per heavy atom. The minimum absolute atomic E-state index is 0.151. The summed E-state index contributed by atoms with van der Waals surface area (Å²) in [7, 11) is 3.43. The molecular weight excluding hydrogens is 266 g/mol. The molecule has 0 fully saturated rings. The molecule has 1 unspecified atom stereocenters. The molecule has 6 nitrogen and oxygen atoms in total. The van der Waals surface area contributed by atoms with Crippen LogP contribution >= 0.6 is 11.6 Å². The number of methoxy groups -OCH3 is 1. The zero-order valence-electron chi connectivity index (χ0n) is 11.1. The minimum Gasteiger partial charge on any atom is -0.481 e. The van der Waals surface area contributed by atoms with Gasteiger partial charge in [-0.3, -0.25) is 4.68 Å². The van der Waals surface area contributed by atoms with Gasteiger partial charge in [-0.15, -0.1) is 0 Å². The number of ether oxygens (including phenoxy) is 1. The second-order valence-electron chi connectivity index (χ2n) is 3.98. The predicted octanol–water partition coefficient (Wildman–Crippen LogP) is 1.57. The molecule has 0 aliphatic carbocycles. The Kier molecular flexibility index (Phi) is 4.34. The highest BCUT2D eigenvalue weighted by atomic mass is 35.5.